The lowest BCUT2D eigenvalue weighted by molar-refractivity contribution is -0.138. The summed E-state index contributed by atoms with van der Waals surface area (Å²) in [6, 6.07) is 4.08. The van der Waals surface area contributed by atoms with Crippen LogP contribution in [-0.4, -0.2) is 6.29 Å². The molecule has 0 spiro atoms. The summed E-state index contributed by atoms with van der Waals surface area (Å²) in [5.74, 6) is 0. The van der Waals surface area contributed by atoms with Crippen molar-refractivity contribution < 1.29 is 18.0 Å². The SMILES string of the molecule is O=CCCCc1ccc(Br)cc1C(F)(F)F. The second kappa shape index (κ2) is 5.48. The van der Waals surface area contributed by atoms with E-state index in [1.54, 1.807) is 6.07 Å². The van der Waals surface area contributed by atoms with Crippen LogP contribution >= 0.6 is 15.9 Å². The molecule has 0 amide bonds. The third-order valence-electron chi connectivity index (χ3n) is 2.15. The van der Waals surface area contributed by atoms with Gasteiger partial charge in [-0.05, 0) is 30.5 Å². The van der Waals surface area contributed by atoms with Crippen LogP contribution in [0.5, 0.6) is 0 Å². The predicted molar refractivity (Wildman–Crippen MR) is 58.1 cm³/mol. The number of carbonyl (C=O) groups is 1. The highest BCUT2D eigenvalue weighted by Crippen LogP contribution is 2.34. The average molecular weight is 295 g/mol. The number of hydrogen-bond acceptors (Lipinski definition) is 1. The standard InChI is InChI=1S/C11H10BrF3O/c12-9-5-4-8(3-1-2-6-16)10(7-9)11(13,14)15/h4-7H,1-3H2. The Kier molecular flexibility index (Phi) is 4.53. The van der Waals surface area contributed by atoms with Crippen LogP contribution in [0.4, 0.5) is 13.2 Å². The highest BCUT2D eigenvalue weighted by atomic mass is 79.9. The molecule has 0 aliphatic rings. The maximum atomic E-state index is 12.6. The van der Waals surface area contributed by atoms with Gasteiger partial charge in [-0.1, -0.05) is 22.0 Å². The molecule has 0 bridgehead atoms. The molecule has 1 aromatic rings. The molecule has 0 aliphatic carbocycles. The number of aryl methyl sites for hydroxylation is 1. The van der Waals surface area contributed by atoms with Crippen LogP contribution < -0.4 is 0 Å². The summed E-state index contributed by atoms with van der Waals surface area (Å²) >= 11 is 3.01. The van der Waals surface area contributed by atoms with Crippen molar-refractivity contribution >= 4 is 22.2 Å². The third-order valence-corrected chi connectivity index (χ3v) is 2.64. The van der Waals surface area contributed by atoms with E-state index in [0.717, 1.165) is 6.07 Å². The lowest BCUT2D eigenvalue weighted by Crippen LogP contribution is -2.09. The van der Waals surface area contributed by atoms with Gasteiger partial charge in [-0.2, -0.15) is 13.2 Å². The number of halogens is 4. The second-order valence-electron chi connectivity index (χ2n) is 3.36. The second-order valence-corrected chi connectivity index (χ2v) is 4.27. The van der Waals surface area contributed by atoms with Crippen LogP contribution in [0.1, 0.15) is 24.0 Å². The van der Waals surface area contributed by atoms with E-state index in [2.05, 4.69) is 15.9 Å². The zero-order chi connectivity index (χ0) is 12.2. The summed E-state index contributed by atoms with van der Waals surface area (Å²) < 4.78 is 38.3. The zero-order valence-electron chi connectivity index (χ0n) is 8.35. The van der Waals surface area contributed by atoms with E-state index in [9.17, 15) is 18.0 Å². The summed E-state index contributed by atoms with van der Waals surface area (Å²) in [5.41, 5.74) is -0.398. The Hall–Kier alpha value is -0.840. The van der Waals surface area contributed by atoms with Gasteiger partial charge < -0.3 is 4.79 Å². The minimum Gasteiger partial charge on any atom is -0.303 e. The molecule has 1 nitrogen and oxygen atoms in total. The summed E-state index contributed by atoms with van der Waals surface area (Å²) in [7, 11) is 0. The molecule has 1 rings (SSSR count). The first kappa shape index (κ1) is 13.2. The third kappa shape index (κ3) is 3.63. The van der Waals surface area contributed by atoms with Crippen molar-refractivity contribution in [3.05, 3.63) is 33.8 Å². The molecule has 0 saturated heterocycles. The van der Waals surface area contributed by atoms with Gasteiger partial charge in [0, 0.05) is 10.9 Å². The monoisotopic (exact) mass is 294 g/mol. The Balaban J connectivity index is 2.94. The van der Waals surface area contributed by atoms with E-state index in [4.69, 9.17) is 0 Å². The topological polar surface area (TPSA) is 17.1 Å². The lowest BCUT2D eigenvalue weighted by atomic mass is 10.0. The summed E-state index contributed by atoms with van der Waals surface area (Å²) in [4.78, 5) is 10.1. The van der Waals surface area contributed by atoms with Crippen LogP contribution in [0.3, 0.4) is 0 Å². The van der Waals surface area contributed by atoms with E-state index in [1.165, 1.54) is 6.07 Å². The minimum atomic E-state index is -4.35. The largest absolute Gasteiger partial charge is 0.416 e. The fraction of sp³-hybridized carbons (Fsp3) is 0.364. The van der Waals surface area contributed by atoms with Crippen LogP contribution in [-0.2, 0) is 17.4 Å². The van der Waals surface area contributed by atoms with Crippen molar-refractivity contribution in [3.63, 3.8) is 0 Å². The number of hydrogen-bond donors (Lipinski definition) is 0. The first-order valence-electron chi connectivity index (χ1n) is 4.74. The van der Waals surface area contributed by atoms with Crippen LogP contribution in [0, 0.1) is 0 Å². The van der Waals surface area contributed by atoms with E-state index in [-0.39, 0.29) is 18.4 Å². The molecule has 0 aliphatic heterocycles. The number of unbranched alkanes of at least 4 members (excludes halogenated alkanes) is 1. The number of rotatable bonds is 4. The zero-order valence-corrected chi connectivity index (χ0v) is 9.94. The highest BCUT2D eigenvalue weighted by Gasteiger charge is 2.33. The number of carbonyl (C=O) groups excluding carboxylic acids is 1. The van der Waals surface area contributed by atoms with E-state index >= 15 is 0 Å². The maximum absolute atomic E-state index is 12.6. The molecular formula is C11H10BrF3O. The quantitative estimate of drug-likeness (QED) is 0.606. The van der Waals surface area contributed by atoms with Gasteiger partial charge in [0.25, 0.3) is 0 Å². The van der Waals surface area contributed by atoms with Crippen LogP contribution in [0.15, 0.2) is 22.7 Å². The fourth-order valence-electron chi connectivity index (χ4n) is 1.41. The highest BCUT2D eigenvalue weighted by molar-refractivity contribution is 9.10. The molecule has 5 heteroatoms. The summed E-state index contributed by atoms with van der Waals surface area (Å²) in [6.07, 6.45) is -2.64. The van der Waals surface area contributed by atoms with E-state index in [1.807, 2.05) is 0 Å². The van der Waals surface area contributed by atoms with E-state index in [0.29, 0.717) is 17.2 Å². The van der Waals surface area contributed by atoms with Crippen molar-refractivity contribution in [2.75, 3.05) is 0 Å². The molecule has 0 aromatic heterocycles. The van der Waals surface area contributed by atoms with Crippen molar-refractivity contribution in [1.82, 2.24) is 0 Å². The van der Waals surface area contributed by atoms with Crippen LogP contribution in [0.25, 0.3) is 0 Å². The Morgan fingerprint density at radius 1 is 1.31 bits per heavy atom. The minimum absolute atomic E-state index is 0.234. The van der Waals surface area contributed by atoms with Gasteiger partial charge in [0.2, 0.25) is 0 Å². The molecule has 0 unspecified atom stereocenters. The molecule has 0 radical (unpaired) electrons. The molecule has 1 aromatic carbocycles. The van der Waals surface area contributed by atoms with Gasteiger partial charge in [0.15, 0.2) is 0 Å². The normalized spacial score (nSPS) is 11.5. The van der Waals surface area contributed by atoms with Crippen LogP contribution in [0.2, 0.25) is 0 Å². The Bertz CT molecular complexity index is 374. The molecule has 0 heterocycles. The van der Waals surface area contributed by atoms with Crippen molar-refractivity contribution in [3.8, 4) is 0 Å². The summed E-state index contributed by atoms with van der Waals surface area (Å²) in [6.45, 7) is 0. The van der Waals surface area contributed by atoms with Gasteiger partial charge in [-0.25, -0.2) is 0 Å². The predicted octanol–water partition coefficient (Wildman–Crippen LogP) is 3.99. The maximum Gasteiger partial charge on any atom is 0.416 e. The smallest absolute Gasteiger partial charge is 0.303 e. The lowest BCUT2D eigenvalue weighted by Gasteiger charge is -2.12. The molecule has 0 N–H and O–H groups in total. The number of aldehydes is 1. The van der Waals surface area contributed by atoms with Crippen molar-refractivity contribution in [2.45, 2.75) is 25.4 Å². The van der Waals surface area contributed by atoms with Gasteiger partial charge in [-0.3, -0.25) is 0 Å². The first-order chi connectivity index (χ1) is 7.45. The Labute approximate surface area is 99.8 Å². The van der Waals surface area contributed by atoms with E-state index < -0.39 is 11.7 Å². The molecule has 16 heavy (non-hydrogen) atoms. The fourth-order valence-corrected chi connectivity index (χ4v) is 1.77. The van der Waals surface area contributed by atoms with Crippen molar-refractivity contribution in [1.29, 1.82) is 0 Å². The average Bonchev–Trinajstić information content (AvgIpc) is 2.19. The Morgan fingerprint density at radius 3 is 2.56 bits per heavy atom. The van der Waals surface area contributed by atoms with Gasteiger partial charge >= 0.3 is 6.18 Å². The molecule has 0 fully saturated rings. The van der Waals surface area contributed by atoms with Gasteiger partial charge in [0.05, 0.1) is 5.56 Å². The summed E-state index contributed by atoms with van der Waals surface area (Å²) in [5, 5.41) is 0. The van der Waals surface area contributed by atoms with Gasteiger partial charge in [0.1, 0.15) is 6.29 Å². The molecule has 88 valence electrons. The molecular weight excluding hydrogens is 285 g/mol. The number of benzene rings is 1. The molecule has 0 atom stereocenters. The first-order valence-corrected chi connectivity index (χ1v) is 5.53. The number of alkyl halides is 3. The van der Waals surface area contributed by atoms with Gasteiger partial charge in [-0.15, -0.1) is 0 Å². The molecule has 0 saturated carbocycles. The van der Waals surface area contributed by atoms with Crippen molar-refractivity contribution in [2.24, 2.45) is 0 Å². The Morgan fingerprint density at radius 2 is 2.00 bits per heavy atom.